The molecule has 1 aliphatic heterocycles. The van der Waals surface area contributed by atoms with Crippen molar-refractivity contribution < 1.29 is 9.47 Å². The van der Waals surface area contributed by atoms with Crippen LogP contribution >= 0.6 is 30.3 Å². The van der Waals surface area contributed by atoms with Gasteiger partial charge in [-0.1, -0.05) is 17.7 Å². The van der Waals surface area contributed by atoms with Crippen LogP contribution in [0.2, 0.25) is 0 Å². The first-order valence-corrected chi connectivity index (χ1v) is 15.3. The molecule has 1 aliphatic rings. The van der Waals surface area contributed by atoms with Crippen LogP contribution in [0, 0.1) is 6.92 Å². The van der Waals surface area contributed by atoms with Crippen molar-refractivity contribution in [1.82, 2.24) is 18.8 Å². The number of ether oxygens (including phenoxy) is 2. The molecule has 0 spiro atoms. The molecule has 5 rings (SSSR count). The van der Waals surface area contributed by atoms with Crippen molar-refractivity contribution in [3.05, 3.63) is 76.8 Å². The molecule has 1 saturated heterocycles. The summed E-state index contributed by atoms with van der Waals surface area (Å²) in [6, 6.07) is 15.9. The maximum Gasteiger partial charge on any atom is 0.275 e. The summed E-state index contributed by atoms with van der Waals surface area (Å²) < 4.78 is 16.0. The quantitative estimate of drug-likeness (QED) is 0.274. The third-order valence-corrected chi connectivity index (χ3v) is 8.13. The average Bonchev–Trinajstić information content (AvgIpc) is 3.33. The van der Waals surface area contributed by atoms with Crippen LogP contribution in [0.4, 0.5) is 0 Å². The Hall–Kier alpha value is -2.47. The Balaban J connectivity index is 1.42. The Bertz CT molecular complexity index is 1430. The highest BCUT2D eigenvalue weighted by Gasteiger charge is 2.17. The van der Waals surface area contributed by atoms with Crippen molar-refractivity contribution in [2.24, 2.45) is 7.05 Å². The van der Waals surface area contributed by atoms with E-state index in [1.807, 2.05) is 58.8 Å². The van der Waals surface area contributed by atoms with E-state index in [0.717, 1.165) is 66.3 Å². The molecule has 2 aromatic heterocycles. The van der Waals surface area contributed by atoms with E-state index < -0.39 is 0 Å². The first kappa shape index (κ1) is 25.2. The summed E-state index contributed by atoms with van der Waals surface area (Å²) in [5.41, 5.74) is 3.66. The largest absolute Gasteiger partial charge is 0.492 e. The van der Waals surface area contributed by atoms with Gasteiger partial charge in [-0.25, -0.2) is 0 Å². The molecule has 0 saturated carbocycles. The Morgan fingerprint density at radius 3 is 2.67 bits per heavy atom. The molecule has 0 unspecified atom stereocenters. The van der Waals surface area contributed by atoms with Crippen LogP contribution in [-0.2, 0) is 7.05 Å². The van der Waals surface area contributed by atoms with Gasteiger partial charge in [-0.05, 0) is 37.3 Å². The van der Waals surface area contributed by atoms with Crippen molar-refractivity contribution >= 4 is 41.2 Å². The van der Waals surface area contributed by atoms with Gasteiger partial charge in [-0.3, -0.25) is 13.7 Å². The normalized spacial score (nSPS) is 14.3. The van der Waals surface area contributed by atoms with E-state index in [0.29, 0.717) is 17.9 Å². The summed E-state index contributed by atoms with van der Waals surface area (Å²) in [5, 5.41) is 4.28. The lowest BCUT2D eigenvalue weighted by Gasteiger charge is -2.26. The lowest BCUT2D eigenvalue weighted by atomic mass is 10.0. The van der Waals surface area contributed by atoms with Gasteiger partial charge in [0, 0.05) is 105 Å². The van der Waals surface area contributed by atoms with E-state index in [2.05, 4.69) is 44.4 Å². The fourth-order valence-corrected chi connectivity index (χ4v) is 5.86. The molecule has 0 bridgehead atoms. The van der Waals surface area contributed by atoms with Gasteiger partial charge in [-0.2, -0.15) is 0 Å². The Kier molecular flexibility index (Phi) is 7.90. The second kappa shape index (κ2) is 11.3. The number of hydrogen-bond acceptors (Lipinski definition) is 6. The molecule has 0 amide bonds. The summed E-state index contributed by atoms with van der Waals surface area (Å²) >= 11 is 2.19. The number of fused-ring (bicyclic) bond motifs is 1. The molecule has 1 N–H and O–H groups in total. The predicted octanol–water partition coefficient (Wildman–Crippen LogP) is 5.24. The van der Waals surface area contributed by atoms with Gasteiger partial charge in [0.1, 0.15) is 29.4 Å². The predicted molar refractivity (Wildman–Crippen MR) is 156 cm³/mol. The molecule has 0 aliphatic carbocycles. The third kappa shape index (κ3) is 5.44. The van der Waals surface area contributed by atoms with Crippen LogP contribution in [0.5, 0.6) is 17.2 Å². The first-order chi connectivity index (χ1) is 17.5. The molecule has 36 heavy (non-hydrogen) atoms. The van der Waals surface area contributed by atoms with Crippen molar-refractivity contribution in [2.45, 2.75) is 6.92 Å². The number of benzene rings is 2. The van der Waals surface area contributed by atoms with E-state index in [-0.39, 0.29) is 5.56 Å². The number of hydrogen-bond donors (Lipinski definition) is 1. The molecule has 1 fully saturated rings. The Morgan fingerprint density at radius 1 is 1.06 bits per heavy atom. The molecular weight excluding hydrogens is 587 g/mol. The minimum atomic E-state index is -0.0243. The van der Waals surface area contributed by atoms with Crippen LogP contribution in [-0.4, -0.2) is 52.8 Å². The number of halogens is 1. The summed E-state index contributed by atoms with van der Waals surface area (Å²) in [4.78, 5) is 15.3. The summed E-state index contributed by atoms with van der Waals surface area (Å²) in [7, 11) is 3.27. The summed E-state index contributed by atoms with van der Waals surface area (Å²) in [6.07, 6.45) is 3.83. The van der Waals surface area contributed by atoms with Crippen molar-refractivity contribution in [3.8, 4) is 28.4 Å². The molecule has 188 valence electrons. The number of nitrogens with one attached hydrogen (secondary N) is 1. The Morgan fingerprint density at radius 2 is 1.86 bits per heavy atom. The zero-order chi connectivity index (χ0) is 25.1. The minimum Gasteiger partial charge on any atom is -0.492 e. The topological polar surface area (TPSA) is 60.7 Å². The van der Waals surface area contributed by atoms with Crippen molar-refractivity contribution in [3.63, 3.8) is 0 Å². The standard InChI is InChI=1S/C27H29IN4O3S/c1-19-6-7-25(23(16-19)24-18-30(2)27(33)26-22(24)8-11-32(26)36-28)35-21-5-3-4-20(17-21)34-15-14-31-12-9-29-10-13-31/h3-8,11,16-18,29H,9-10,12-15H2,1-2H3. The van der Waals surface area contributed by atoms with Crippen molar-refractivity contribution in [2.75, 3.05) is 39.3 Å². The molecular formula is C27H29IN4O3S. The molecule has 9 heteroatoms. The van der Waals surface area contributed by atoms with Gasteiger partial charge in [0.25, 0.3) is 5.56 Å². The number of pyridine rings is 1. The monoisotopic (exact) mass is 616 g/mol. The van der Waals surface area contributed by atoms with Gasteiger partial charge in [0.2, 0.25) is 0 Å². The number of aryl methyl sites for hydroxylation is 2. The smallest absolute Gasteiger partial charge is 0.275 e. The fraction of sp³-hybridized carbons (Fsp3) is 0.296. The van der Waals surface area contributed by atoms with Gasteiger partial charge >= 0.3 is 0 Å². The van der Waals surface area contributed by atoms with Crippen LogP contribution in [0.15, 0.2) is 65.7 Å². The molecule has 0 atom stereocenters. The third-order valence-electron chi connectivity index (χ3n) is 6.41. The molecule has 4 aromatic rings. The van der Waals surface area contributed by atoms with Gasteiger partial charge in [0.05, 0.1) is 0 Å². The highest BCUT2D eigenvalue weighted by molar-refractivity contribution is 14.2. The number of nitrogens with zero attached hydrogens (tertiary/aromatic N) is 3. The van der Waals surface area contributed by atoms with Gasteiger partial charge < -0.3 is 19.4 Å². The molecule has 0 radical (unpaired) electrons. The minimum absolute atomic E-state index is 0.0243. The lowest BCUT2D eigenvalue weighted by Crippen LogP contribution is -2.44. The van der Waals surface area contributed by atoms with Gasteiger partial charge in [0.15, 0.2) is 0 Å². The first-order valence-electron chi connectivity index (χ1n) is 12.0. The van der Waals surface area contributed by atoms with E-state index in [4.69, 9.17) is 9.47 Å². The van der Waals surface area contributed by atoms with E-state index in [9.17, 15) is 4.79 Å². The van der Waals surface area contributed by atoms with Crippen molar-refractivity contribution in [1.29, 1.82) is 0 Å². The lowest BCUT2D eigenvalue weighted by molar-refractivity contribution is 0.191. The van der Waals surface area contributed by atoms with Gasteiger partial charge in [-0.15, -0.1) is 0 Å². The molecule has 3 heterocycles. The Labute approximate surface area is 227 Å². The average molecular weight is 617 g/mol. The maximum absolute atomic E-state index is 12.9. The van der Waals surface area contributed by atoms with Crippen LogP contribution in [0.1, 0.15) is 5.56 Å². The van der Waals surface area contributed by atoms with E-state index in [1.54, 1.807) is 11.6 Å². The second-order valence-corrected chi connectivity index (χ2v) is 10.7. The highest BCUT2D eigenvalue weighted by Crippen LogP contribution is 2.38. The number of rotatable bonds is 8. The zero-order valence-corrected chi connectivity index (χ0v) is 23.3. The number of piperazine rings is 1. The molecule has 2 aromatic carbocycles. The van der Waals surface area contributed by atoms with Crippen LogP contribution < -0.4 is 20.3 Å². The van der Waals surface area contributed by atoms with Crippen LogP contribution in [0.3, 0.4) is 0 Å². The molecule has 7 nitrogen and oxygen atoms in total. The summed E-state index contributed by atoms with van der Waals surface area (Å²) in [5.74, 6) is 2.23. The summed E-state index contributed by atoms with van der Waals surface area (Å²) in [6.45, 7) is 7.79. The SMILES string of the molecule is Cc1ccc(Oc2cccc(OCCN3CCNCC3)c2)c(-c2cn(C)c(=O)c3c2ccn3SI)c1. The van der Waals surface area contributed by atoms with Crippen LogP contribution in [0.25, 0.3) is 22.0 Å². The maximum atomic E-state index is 12.9. The fourth-order valence-electron chi connectivity index (χ4n) is 4.53. The second-order valence-electron chi connectivity index (χ2n) is 8.95. The number of aromatic nitrogens is 2. The highest BCUT2D eigenvalue weighted by atomic mass is 127. The zero-order valence-electron chi connectivity index (χ0n) is 20.4. The van der Waals surface area contributed by atoms with E-state index in [1.165, 1.54) is 9.12 Å². The van der Waals surface area contributed by atoms with E-state index >= 15 is 0 Å².